The summed E-state index contributed by atoms with van der Waals surface area (Å²) in [6, 6.07) is 19.2. The first-order valence-electron chi connectivity index (χ1n) is 9.77. The van der Waals surface area contributed by atoms with Crippen molar-refractivity contribution < 1.29 is 19.0 Å². The average molecular weight is 604 g/mol. The lowest BCUT2D eigenvalue weighted by Gasteiger charge is -2.11. The minimum atomic E-state index is -0.481. The lowest BCUT2D eigenvalue weighted by Crippen LogP contribution is -2.05. The number of hydrogen-bond donors (Lipinski definition) is 0. The molecule has 3 aromatic rings. The molecule has 4 rings (SSSR count). The number of carbonyl (C=O) groups is 1. The van der Waals surface area contributed by atoms with Gasteiger partial charge in [-0.2, -0.15) is 0 Å². The Balaban J connectivity index is 1.54. The molecule has 7 heteroatoms. The van der Waals surface area contributed by atoms with Crippen molar-refractivity contribution in [2.45, 2.75) is 13.5 Å². The Morgan fingerprint density at radius 2 is 1.94 bits per heavy atom. The monoisotopic (exact) mass is 603 g/mol. The number of hydrogen-bond acceptors (Lipinski definition) is 5. The van der Waals surface area contributed by atoms with E-state index in [1.165, 1.54) is 0 Å². The van der Waals surface area contributed by atoms with E-state index in [-0.39, 0.29) is 5.70 Å². The molecular formula is C25H19BrINO4. The minimum absolute atomic E-state index is 0.237. The van der Waals surface area contributed by atoms with E-state index in [1.54, 1.807) is 19.3 Å². The molecule has 0 N–H and O–H groups in total. The maximum absolute atomic E-state index is 12.4. The third-order valence-corrected chi connectivity index (χ3v) is 6.50. The highest BCUT2D eigenvalue weighted by atomic mass is 127. The predicted molar refractivity (Wildman–Crippen MR) is 136 cm³/mol. The minimum Gasteiger partial charge on any atom is -0.493 e. The third-order valence-electron chi connectivity index (χ3n) is 4.80. The lowest BCUT2D eigenvalue weighted by atomic mass is 10.1. The van der Waals surface area contributed by atoms with Gasteiger partial charge in [0.15, 0.2) is 17.2 Å². The Kier molecular flexibility index (Phi) is 6.95. The molecule has 0 amide bonds. The second-order valence-electron chi connectivity index (χ2n) is 7.13. The second-order valence-corrected chi connectivity index (χ2v) is 9.21. The van der Waals surface area contributed by atoms with Gasteiger partial charge >= 0.3 is 5.97 Å². The van der Waals surface area contributed by atoms with Crippen LogP contribution >= 0.6 is 38.5 Å². The van der Waals surface area contributed by atoms with E-state index < -0.39 is 5.97 Å². The molecule has 0 spiro atoms. The van der Waals surface area contributed by atoms with Crippen molar-refractivity contribution in [1.29, 1.82) is 0 Å². The molecule has 162 valence electrons. The number of rotatable bonds is 6. The van der Waals surface area contributed by atoms with Crippen LogP contribution in [0.4, 0.5) is 0 Å². The van der Waals surface area contributed by atoms with Gasteiger partial charge in [0.25, 0.3) is 0 Å². The predicted octanol–water partition coefficient (Wildman–Crippen LogP) is 6.29. The van der Waals surface area contributed by atoms with Crippen LogP contribution in [0.3, 0.4) is 0 Å². The number of halogens is 2. The van der Waals surface area contributed by atoms with Crippen LogP contribution in [0.1, 0.15) is 22.3 Å². The van der Waals surface area contributed by atoms with Crippen LogP contribution in [0.2, 0.25) is 0 Å². The van der Waals surface area contributed by atoms with Crippen LogP contribution in [0.25, 0.3) is 6.08 Å². The first-order valence-corrected chi connectivity index (χ1v) is 11.6. The zero-order valence-corrected chi connectivity index (χ0v) is 21.1. The van der Waals surface area contributed by atoms with Crippen molar-refractivity contribution >= 4 is 56.5 Å². The third kappa shape index (κ3) is 5.21. The highest BCUT2D eigenvalue weighted by Gasteiger charge is 2.24. The molecule has 0 atom stereocenters. The van der Waals surface area contributed by atoms with E-state index in [4.69, 9.17) is 14.2 Å². The SMILES string of the molecule is COc1cc(/C=C2\N=C(c3ccc(I)c(C)c3)OC2=O)ccc1OCc1cccc(Br)c1. The zero-order chi connectivity index (χ0) is 22.7. The quantitative estimate of drug-likeness (QED) is 0.189. The van der Waals surface area contributed by atoms with Gasteiger partial charge in [-0.05, 0) is 94.7 Å². The van der Waals surface area contributed by atoms with Crippen LogP contribution in [0.15, 0.2) is 75.8 Å². The first-order chi connectivity index (χ1) is 15.4. The van der Waals surface area contributed by atoms with Crippen molar-refractivity contribution in [2.75, 3.05) is 7.11 Å². The van der Waals surface area contributed by atoms with Gasteiger partial charge in [-0.3, -0.25) is 0 Å². The van der Waals surface area contributed by atoms with Crippen LogP contribution in [0, 0.1) is 10.5 Å². The number of ether oxygens (including phenoxy) is 3. The number of benzene rings is 3. The number of carbonyl (C=O) groups excluding carboxylic acids is 1. The fourth-order valence-electron chi connectivity index (χ4n) is 3.15. The van der Waals surface area contributed by atoms with Crippen molar-refractivity contribution in [2.24, 2.45) is 4.99 Å². The largest absolute Gasteiger partial charge is 0.493 e. The number of cyclic esters (lactones) is 1. The Hall–Kier alpha value is -2.65. The van der Waals surface area contributed by atoms with Crippen LogP contribution < -0.4 is 9.47 Å². The summed E-state index contributed by atoms with van der Waals surface area (Å²) in [6.07, 6.45) is 1.68. The molecule has 5 nitrogen and oxygen atoms in total. The van der Waals surface area contributed by atoms with Crippen LogP contribution in [-0.2, 0) is 16.1 Å². The van der Waals surface area contributed by atoms with Crippen LogP contribution in [0.5, 0.6) is 11.5 Å². The summed E-state index contributed by atoms with van der Waals surface area (Å²) in [5.74, 6) is 1.01. The molecule has 0 aromatic heterocycles. The highest BCUT2D eigenvalue weighted by Crippen LogP contribution is 2.31. The molecule has 0 saturated heterocycles. The van der Waals surface area contributed by atoms with Gasteiger partial charge < -0.3 is 14.2 Å². The molecule has 32 heavy (non-hydrogen) atoms. The Bertz CT molecular complexity index is 1250. The van der Waals surface area contributed by atoms with E-state index in [0.29, 0.717) is 24.0 Å². The normalized spacial score (nSPS) is 14.3. The second kappa shape index (κ2) is 9.87. The van der Waals surface area contributed by atoms with Gasteiger partial charge in [0.1, 0.15) is 6.61 Å². The molecule has 0 bridgehead atoms. The number of aliphatic imine (C=N–C) groups is 1. The number of aryl methyl sites for hydroxylation is 1. The summed E-state index contributed by atoms with van der Waals surface area (Å²) in [5.41, 5.74) is 3.90. The Morgan fingerprint density at radius 1 is 1.09 bits per heavy atom. The van der Waals surface area contributed by atoms with Crippen molar-refractivity contribution in [3.05, 3.63) is 96.7 Å². The number of methoxy groups -OCH3 is 1. The van der Waals surface area contributed by atoms with E-state index in [1.807, 2.05) is 61.5 Å². The maximum Gasteiger partial charge on any atom is 0.363 e. The molecule has 0 unspecified atom stereocenters. The fourth-order valence-corrected chi connectivity index (χ4v) is 3.93. The molecule has 1 aliphatic rings. The van der Waals surface area contributed by atoms with Gasteiger partial charge in [0, 0.05) is 13.6 Å². The Morgan fingerprint density at radius 3 is 2.69 bits per heavy atom. The van der Waals surface area contributed by atoms with Gasteiger partial charge in [-0.25, -0.2) is 9.79 Å². The van der Waals surface area contributed by atoms with Crippen molar-refractivity contribution in [3.63, 3.8) is 0 Å². The molecule has 0 fully saturated rings. The van der Waals surface area contributed by atoms with E-state index in [9.17, 15) is 4.79 Å². The summed E-state index contributed by atoms with van der Waals surface area (Å²) in [5, 5.41) is 0. The fraction of sp³-hybridized carbons (Fsp3) is 0.120. The standard InChI is InChI=1S/C25H19BrINO4/c1-15-10-18(7-8-20(15)27)24-28-21(25(29)32-24)12-16-6-9-22(23(13-16)30-2)31-14-17-4-3-5-19(26)11-17/h3-13H,14H2,1-2H3/b21-12-. The zero-order valence-electron chi connectivity index (χ0n) is 17.4. The van der Waals surface area contributed by atoms with Crippen molar-refractivity contribution in [3.8, 4) is 11.5 Å². The molecule has 3 aromatic carbocycles. The topological polar surface area (TPSA) is 57.1 Å². The molecule has 0 saturated carbocycles. The van der Waals surface area contributed by atoms with Crippen LogP contribution in [-0.4, -0.2) is 19.0 Å². The number of nitrogens with zero attached hydrogens (tertiary/aromatic N) is 1. The van der Waals surface area contributed by atoms with Gasteiger partial charge in [-0.1, -0.05) is 34.1 Å². The average Bonchev–Trinajstić information content (AvgIpc) is 3.14. The van der Waals surface area contributed by atoms with E-state index in [0.717, 1.165) is 30.3 Å². The van der Waals surface area contributed by atoms with E-state index in [2.05, 4.69) is 43.5 Å². The molecule has 0 radical (unpaired) electrons. The van der Waals surface area contributed by atoms with Gasteiger partial charge in [-0.15, -0.1) is 0 Å². The van der Waals surface area contributed by atoms with E-state index >= 15 is 0 Å². The van der Waals surface area contributed by atoms with Gasteiger partial charge in [0.2, 0.25) is 5.90 Å². The summed E-state index contributed by atoms with van der Waals surface area (Å²) in [7, 11) is 1.58. The summed E-state index contributed by atoms with van der Waals surface area (Å²) in [6.45, 7) is 2.41. The molecule has 1 heterocycles. The lowest BCUT2D eigenvalue weighted by molar-refractivity contribution is -0.129. The Labute approximate surface area is 208 Å². The molecule has 1 aliphatic heterocycles. The number of esters is 1. The molecule has 0 aliphatic carbocycles. The van der Waals surface area contributed by atoms with Crippen molar-refractivity contribution in [1.82, 2.24) is 0 Å². The summed E-state index contributed by atoms with van der Waals surface area (Å²) in [4.78, 5) is 16.8. The summed E-state index contributed by atoms with van der Waals surface area (Å²) < 4.78 is 18.9. The maximum atomic E-state index is 12.4. The highest BCUT2D eigenvalue weighted by molar-refractivity contribution is 14.1. The van der Waals surface area contributed by atoms with Gasteiger partial charge in [0.05, 0.1) is 7.11 Å². The summed E-state index contributed by atoms with van der Waals surface area (Å²) >= 11 is 5.73. The molecular weight excluding hydrogens is 585 g/mol. The first kappa shape index (κ1) is 22.5. The smallest absolute Gasteiger partial charge is 0.363 e.